The summed E-state index contributed by atoms with van der Waals surface area (Å²) in [6.45, 7) is 2.03. The third kappa shape index (κ3) is 2.63. The number of aromatic nitrogens is 6. The lowest BCUT2D eigenvalue weighted by Gasteiger charge is -2.27. The molecule has 5 rings (SSSR count). The summed E-state index contributed by atoms with van der Waals surface area (Å²) in [7, 11) is 0. The van der Waals surface area contributed by atoms with Crippen LogP contribution in [0.4, 0.5) is 11.6 Å². The summed E-state index contributed by atoms with van der Waals surface area (Å²) in [6.07, 6.45) is 0. The Bertz CT molecular complexity index is 1250. The van der Waals surface area contributed by atoms with Crippen LogP contribution in [-0.2, 0) is 0 Å². The smallest absolute Gasteiger partial charge is 0.288 e. The van der Waals surface area contributed by atoms with E-state index in [0.717, 1.165) is 26.7 Å². The number of aryl methyl sites for hydroxylation is 1. The molecule has 0 amide bonds. The van der Waals surface area contributed by atoms with Gasteiger partial charge in [0.05, 0.1) is 5.69 Å². The number of anilines is 2. The fourth-order valence-electron chi connectivity index (χ4n) is 3.45. The number of rotatable bonds is 2. The number of nitrogens with zero attached hydrogens (tertiary/aromatic N) is 5. The van der Waals surface area contributed by atoms with Crippen LogP contribution >= 0.6 is 15.9 Å². The molecule has 0 aliphatic carbocycles. The summed E-state index contributed by atoms with van der Waals surface area (Å²) in [5.74, 6) is 0.407. The highest BCUT2D eigenvalue weighted by Crippen LogP contribution is 2.41. The molecule has 0 fully saturated rings. The van der Waals surface area contributed by atoms with Crippen LogP contribution in [0.1, 0.15) is 22.7 Å². The van der Waals surface area contributed by atoms with Gasteiger partial charge in [-0.1, -0.05) is 63.0 Å². The molecule has 9 heteroatoms. The Balaban J connectivity index is 1.82. The van der Waals surface area contributed by atoms with Gasteiger partial charge in [-0.3, -0.25) is 4.79 Å². The minimum absolute atomic E-state index is 0.319. The van der Waals surface area contributed by atoms with Gasteiger partial charge in [0, 0.05) is 15.6 Å². The Morgan fingerprint density at radius 2 is 1.96 bits per heavy atom. The largest absolute Gasteiger partial charge is 0.318 e. The van der Waals surface area contributed by atoms with Crippen molar-refractivity contribution < 1.29 is 0 Å². The normalized spacial score (nSPS) is 14.9. The van der Waals surface area contributed by atoms with E-state index in [0.29, 0.717) is 17.3 Å². The molecule has 0 saturated carbocycles. The molecule has 1 unspecified atom stereocenters. The second-order valence-corrected chi connectivity index (χ2v) is 7.50. The molecule has 28 heavy (non-hydrogen) atoms. The van der Waals surface area contributed by atoms with Gasteiger partial charge in [-0.05, 0) is 35.0 Å². The molecule has 0 spiro atoms. The fourth-order valence-corrected chi connectivity index (χ4v) is 3.87. The third-order valence-electron chi connectivity index (χ3n) is 4.76. The monoisotopic (exact) mass is 435 g/mol. The van der Waals surface area contributed by atoms with Crippen molar-refractivity contribution in [3.63, 3.8) is 0 Å². The number of hydrogen-bond donors (Lipinski definition) is 2. The van der Waals surface area contributed by atoms with E-state index >= 15 is 0 Å². The number of halogens is 1. The Morgan fingerprint density at radius 3 is 2.75 bits per heavy atom. The van der Waals surface area contributed by atoms with Gasteiger partial charge in [0.2, 0.25) is 5.95 Å². The number of fused-ring (bicyclic) bond motifs is 2. The minimum atomic E-state index is -0.398. The van der Waals surface area contributed by atoms with Crippen molar-refractivity contribution in [2.45, 2.75) is 13.0 Å². The van der Waals surface area contributed by atoms with Crippen LogP contribution in [0.3, 0.4) is 0 Å². The molecule has 138 valence electrons. The average Bonchev–Trinajstić information content (AvgIpc) is 3.16. The molecular weight excluding hydrogens is 422 g/mol. The zero-order valence-electron chi connectivity index (χ0n) is 14.7. The van der Waals surface area contributed by atoms with Crippen LogP contribution in [0.5, 0.6) is 0 Å². The van der Waals surface area contributed by atoms with Gasteiger partial charge in [-0.25, -0.2) is 5.10 Å². The lowest BCUT2D eigenvalue weighted by molar-refractivity contribution is 0.567. The van der Waals surface area contributed by atoms with Crippen molar-refractivity contribution >= 4 is 27.6 Å². The first-order valence-corrected chi connectivity index (χ1v) is 9.41. The summed E-state index contributed by atoms with van der Waals surface area (Å²) in [4.78, 5) is 12.6. The molecule has 1 aliphatic rings. The Kier molecular flexibility index (Phi) is 3.83. The van der Waals surface area contributed by atoms with Crippen molar-refractivity contribution in [1.29, 1.82) is 0 Å². The van der Waals surface area contributed by atoms with Gasteiger partial charge in [-0.2, -0.15) is 9.78 Å². The van der Waals surface area contributed by atoms with E-state index in [1.807, 2.05) is 55.5 Å². The van der Waals surface area contributed by atoms with Crippen molar-refractivity contribution in [3.8, 4) is 11.3 Å². The van der Waals surface area contributed by atoms with Crippen LogP contribution in [0, 0.1) is 6.92 Å². The highest BCUT2D eigenvalue weighted by molar-refractivity contribution is 9.10. The molecule has 0 bridgehead atoms. The van der Waals surface area contributed by atoms with E-state index in [4.69, 9.17) is 0 Å². The molecule has 3 heterocycles. The van der Waals surface area contributed by atoms with Gasteiger partial charge >= 0.3 is 0 Å². The number of tetrazole rings is 1. The van der Waals surface area contributed by atoms with Gasteiger partial charge in [-0.15, -0.1) is 0 Å². The van der Waals surface area contributed by atoms with E-state index in [-0.39, 0.29) is 5.56 Å². The average molecular weight is 436 g/mol. The molecule has 1 aliphatic heterocycles. The molecular formula is C19H14BrN7O. The van der Waals surface area contributed by atoms with Crippen molar-refractivity contribution in [2.24, 2.45) is 0 Å². The number of hydrogen-bond acceptors (Lipinski definition) is 6. The Labute approximate surface area is 167 Å². The van der Waals surface area contributed by atoms with Crippen LogP contribution in [0.25, 0.3) is 11.3 Å². The molecule has 2 aromatic heterocycles. The quantitative estimate of drug-likeness (QED) is 0.441. The van der Waals surface area contributed by atoms with Crippen molar-refractivity contribution in [3.05, 3.63) is 80.0 Å². The van der Waals surface area contributed by atoms with E-state index in [1.54, 1.807) is 4.68 Å². The molecule has 4 aromatic rings. The molecule has 0 saturated heterocycles. The third-order valence-corrected chi connectivity index (χ3v) is 5.25. The van der Waals surface area contributed by atoms with Crippen LogP contribution in [-0.4, -0.2) is 30.4 Å². The van der Waals surface area contributed by atoms with Gasteiger partial charge < -0.3 is 5.32 Å². The van der Waals surface area contributed by atoms with Gasteiger partial charge in [0.25, 0.3) is 5.56 Å². The van der Waals surface area contributed by atoms with Gasteiger partial charge in [0.1, 0.15) is 11.7 Å². The predicted octanol–water partition coefficient (Wildman–Crippen LogP) is 3.19. The lowest BCUT2D eigenvalue weighted by Crippen LogP contribution is -2.29. The molecule has 0 radical (unpaired) electrons. The summed E-state index contributed by atoms with van der Waals surface area (Å²) in [5, 5.41) is 22.0. The number of aromatic amines is 1. The second kappa shape index (κ2) is 6.38. The minimum Gasteiger partial charge on any atom is -0.318 e. The first-order valence-electron chi connectivity index (χ1n) is 8.62. The van der Waals surface area contributed by atoms with E-state index in [2.05, 4.69) is 47.0 Å². The van der Waals surface area contributed by atoms with Crippen LogP contribution in [0.2, 0.25) is 0 Å². The maximum atomic E-state index is 12.6. The summed E-state index contributed by atoms with van der Waals surface area (Å²) in [6, 6.07) is 15.5. The zero-order valence-corrected chi connectivity index (χ0v) is 16.3. The Hall–Kier alpha value is -3.33. The van der Waals surface area contributed by atoms with E-state index in [1.165, 1.54) is 0 Å². The van der Waals surface area contributed by atoms with Crippen LogP contribution in [0.15, 0.2) is 57.8 Å². The maximum absolute atomic E-state index is 12.6. The van der Waals surface area contributed by atoms with Gasteiger partial charge in [0.15, 0.2) is 0 Å². The second-order valence-electron chi connectivity index (χ2n) is 6.59. The Morgan fingerprint density at radius 1 is 1.14 bits per heavy atom. The lowest BCUT2D eigenvalue weighted by atomic mass is 9.92. The number of H-pyrrole nitrogens is 1. The summed E-state index contributed by atoms with van der Waals surface area (Å²) in [5.41, 5.74) is 4.46. The highest BCUT2D eigenvalue weighted by atomic mass is 79.9. The fraction of sp³-hybridized carbons (Fsp3) is 0.105. The number of benzene rings is 2. The predicted molar refractivity (Wildman–Crippen MR) is 108 cm³/mol. The zero-order chi connectivity index (χ0) is 19.3. The maximum Gasteiger partial charge on any atom is 0.288 e. The standard InChI is InChI=1S/C19H14BrN7O/c1-10-5-7-11(8-6-10)15-14-16(18(28)23-22-15)21-19-24-25-26-27(19)17(14)12-3-2-4-13(20)9-12/h2-9,17H,1H3,(H,23,28)(H,21,24,26). The topological polar surface area (TPSA) is 101 Å². The molecule has 1 atom stereocenters. The first-order chi connectivity index (χ1) is 13.6. The van der Waals surface area contributed by atoms with E-state index in [9.17, 15) is 4.79 Å². The van der Waals surface area contributed by atoms with E-state index < -0.39 is 6.04 Å². The molecule has 8 nitrogen and oxygen atoms in total. The SMILES string of the molecule is Cc1ccc(-c2n[nH]c(=O)c3c2C(c2cccc(Br)c2)n2nnnc2N3)cc1. The molecule has 2 aromatic carbocycles. The van der Waals surface area contributed by atoms with Crippen molar-refractivity contribution in [2.75, 3.05) is 5.32 Å². The highest BCUT2D eigenvalue weighted by Gasteiger charge is 2.34. The first kappa shape index (κ1) is 16.8. The van der Waals surface area contributed by atoms with Crippen molar-refractivity contribution in [1.82, 2.24) is 30.4 Å². The molecule has 2 N–H and O–H groups in total. The summed E-state index contributed by atoms with van der Waals surface area (Å²) >= 11 is 3.53. The summed E-state index contributed by atoms with van der Waals surface area (Å²) < 4.78 is 2.59. The number of nitrogens with one attached hydrogen (secondary N) is 2. The van der Waals surface area contributed by atoms with Crippen LogP contribution < -0.4 is 10.9 Å².